The molecule has 60 valence electrons. The van der Waals surface area contributed by atoms with Crippen LogP contribution < -0.4 is 5.73 Å². The van der Waals surface area contributed by atoms with Crippen molar-refractivity contribution < 1.29 is 0 Å². The maximum Gasteiger partial charge on any atom is 0.0505 e. The SMILES string of the molecule is CC1=CC=CC(C)(N)C=C1C. The molecule has 0 heterocycles. The van der Waals surface area contributed by atoms with E-state index in [1.54, 1.807) is 0 Å². The summed E-state index contributed by atoms with van der Waals surface area (Å²) in [5.41, 5.74) is 8.21. The second kappa shape index (κ2) is 2.67. The molecule has 1 aliphatic rings. The van der Waals surface area contributed by atoms with Crippen LogP contribution in [0.2, 0.25) is 0 Å². The summed E-state index contributed by atoms with van der Waals surface area (Å²) in [6, 6.07) is 0. The fraction of sp³-hybridized carbons (Fsp3) is 0.400. The molecular weight excluding hydrogens is 134 g/mol. The van der Waals surface area contributed by atoms with Crippen LogP contribution in [0, 0.1) is 0 Å². The number of nitrogens with two attached hydrogens (primary N) is 1. The lowest BCUT2D eigenvalue weighted by atomic mass is 10.00. The van der Waals surface area contributed by atoms with Crippen LogP contribution in [0.3, 0.4) is 0 Å². The number of rotatable bonds is 0. The van der Waals surface area contributed by atoms with E-state index in [0.29, 0.717) is 0 Å². The fourth-order valence-electron chi connectivity index (χ4n) is 1.16. The largest absolute Gasteiger partial charge is 0.319 e. The second-order valence-electron chi connectivity index (χ2n) is 3.40. The molecule has 0 amide bonds. The Bertz CT molecular complexity index is 242. The van der Waals surface area contributed by atoms with E-state index >= 15 is 0 Å². The van der Waals surface area contributed by atoms with Gasteiger partial charge in [0.2, 0.25) is 0 Å². The first-order chi connectivity index (χ1) is 5.01. The van der Waals surface area contributed by atoms with Gasteiger partial charge >= 0.3 is 0 Å². The first kappa shape index (κ1) is 8.28. The van der Waals surface area contributed by atoms with E-state index < -0.39 is 0 Å². The summed E-state index contributed by atoms with van der Waals surface area (Å²) in [4.78, 5) is 0. The molecule has 0 bridgehead atoms. The lowest BCUT2D eigenvalue weighted by molar-refractivity contribution is 0.731. The summed E-state index contributed by atoms with van der Waals surface area (Å²) >= 11 is 0. The van der Waals surface area contributed by atoms with Gasteiger partial charge in [0.1, 0.15) is 0 Å². The molecule has 0 fully saturated rings. The molecule has 2 N–H and O–H groups in total. The van der Waals surface area contributed by atoms with Crippen LogP contribution in [0.5, 0.6) is 0 Å². The molecule has 0 saturated carbocycles. The molecule has 1 heteroatoms. The molecule has 1 atom stereocenters. The van der Waals surface area contributed by atoms with Crippen LogP contribution in [0.25, 0.3) is 0 Å². The normalized spacial score (nSPS) is 30.9. The van der Waals surface area contributed by atoms with Crippen LogP contribution in [0.1, 0.15) is 20.8 Å². The summed E-state index contributed by atoms with van der Waals surface area (Å²) in [5.74, 6) is 0. The molecule has 0 aromatic rings. The summed E-state index contributed by atoms with van der Waals surface area (Å²) in [6.45, 7) is 6.18. The zero-order chi connectivity index (χ0) is 8.48. The minimum absolute atomic E-state index is 0.279. The molecular formula is C10H15N. The van der Waals surface area contributed by atoms with E-state index in [-0.39, 0.29) is 5.54 Å². The lowest BCUT2D eigenvalue weighted by Gasteiger charge is -2.14. The summed E-state index contributed by atoms with van der Waals surface area (Å²) in [6.07, 6.45) is 8.20. The zero-order valence-corrected chi connectivity index (χ0v) is 7.39. The third-order valence-corrected chi connectivity index (χ3v) is 1.95. The first-order valence-electron chi connectivity index (χ1n) is 3.86. The molecule has 0 aromatic carbocycles. The van der Waals surface area contributed by atoms with Gasteiger partial charge in [0.15, 0.2) is 0 Å². The third-order valence-electron chi connectivity index (χ3n) is 1.95. The van der Waals surface area contributed by atoms with Crippen LogP contribution in [-0.2, 0) is 0 Å². The van der Waals surface area contributed by atoms with E-state index in [0.717, 1.165) is 0 Å². The van der Waals surface area contributed by atoms with E-state index in [2.05, 4.69) is 26.0 Å². The molecule has 0 saturated heterocycles. The molecule has 1 unspecified atom stereocenters. The van der Waals surface area contributed by atoms with Crippen molar-refractivity contribution in [2.24, 2.45) is 5.73 Å². The smallest absolute Gasteiger partial charge is 0.0505 e. The molecule has 0 aliphatic heterocycles. The monoisotopic (exact) mass is 149 g/mol. The maximum absolute atomic E-state index is 5.93. The average molecular weight is 149 g/mol. The van der Waals surface area contributed by atoms with Crippen molar-refractivity contribution in [3.63, 3.8) is 0 Å². The quantitative estimate of drug-likeness (QED) is 0.561. The summed E-state index contributed by atoms with van der Waals surface area (Å²) < 4.78 is 0. The highest BCUT2D eigenvalue weighted by atomic mass is 14.7. The highest BCUT2D eigenvalue weighted by Crippen LogP contribution is 2.17. The molecule has 0 aromatic heterocycles. The van der Waals surface area contributed by atoms with Gasteiger partial charge < -0.3 is 5.73 Å². The van der Waals surface area contributed by atoms with Gasteiger partial charge in [0, 0.05) is 0 Å². The fourth-order valence-corrected chi connectivity index (χ4v) is 1.16. The van der Waals surface area contributed by atoms with Crippen LogP contribution in [0.15, 0.2) is 35.5 Å². The first-order valence-corrected chi connectivity index (χ1v) is 3.86. The van der Waals surface area contributed by atoms with Crippen molar-refractivity contribution in [3.05, 3.63) is 35.5 Å². The average Bonchev–Trinajstić information content (AvgIpc) is 1.93. The number of hydrogen-bond donors (Lipinski definition) is 1. The van der Waals surface area contributed by atoms with Crippen molar-refractivity contribution in [1.29, 1.82) is 0 Å². The van der Waals surface area contributed by atoms with E-state index in [1.807, 2.05) is 19.1 Å². The van der Waals surface area contributed by atoms with Gasteiger partial charge in [-0.1, -0.05) is 29.9 Å². The summed E-state index contributed by atoms with van der Waals surface area (Å²) in [7, 11) is 0. The van der Waals surface area contributed by atoms with E-state index in [4.69, 9.17) is 5.73 Å². The van der Waals surface area contributed by atoms with Gasteiger partial charge in [0.25, 0.3) is 0 Å². The Labute approximate surface area is 68.3 Å². The highest BCUT2D eigenvalue weighted by molar-refractivity contribution is 5.38. The standard InChI is InChI=1S/C10H15N/c1-8-5-4-6-10(3,11)7-9(8)2/h4-7H,11H2,1-3H3. The third kappa shape index (κ3) is 2.05. The Morgan fingerprint density at radius 3 is 2.55 bits per heavy atom. The maximum atomic E-state index is 5.93. The van der Waals surface area contributed by atoms with Crippen molar-refractivity contribution in [2.75, 3.05) is 0 Å². The predicted octanol–water partition coefficient (Wildman–Crippen LogP) is 2.17. The molecule has 1 aliphatic carbocycles. The van der Waals surface area contributed by atoms with Crippen LogP contribution in [0.4, 0.5) is 0 Å². The van der Waals surface area contributed by atoms with Crippen molar-refractivity contribution in [3.8, 4) is 0 Å². The van der Waals surface area contributed by atoms with Gasteiger partial charge in [-0.05, 0) is 26.3 Å². The molecule has 0 spiro atoms. The Hall–Kier alpha value is -0.820. The van der Waals surface area contributed by atoms with Gasteiger partial charge in [-0.2, -0.15) is 0 Å². The van der Waals surface area contributed by atoms with E-state index in [9.17, 15) is 0 Å². The Kier molecular flexibility index (Phi) is 2.01. The molecule has 11 heavy (non-hydrogen) atoms. The minimum atomic E-state index is -0.279. The van der Waals surface area contributed by atoms with Gasteiger partial charge in [-0.15, -0.1) is 0 Å². The van der Waals surface area contributed by atoms with Crippen molar-refractivity contribution in [2.45, 2.75) is 26.3 Å². The van der Waals surface area contributed by atoms with Gasteiger partial charge in [-0.3, -0.25) is 0 Å². The van der Waals surface area contributed by atoms with E-state index in [1.165, 1.54) is 11.1 Å². The Morgan fingerprint density at radius 1 is 1.27 bits per heavy atom. The zero-order valence-electron chi connectivity index (χ0n) is 7.39. The topological polar surface area (TPSA) is 26.0 Å². The van der Waals surface area contributed by atoms with Crippen molar-refractivity contribution in [1.82, 2.24) is 0 Å². The highest BCUT2D eigenvalue weighted by Gasteiger charge is 2.12. The Balaban J connectivity index is 3.03. The lowest BCUT2D eigenvalue weighted by Crippen LogP contribution is -2.30. The second-order valence-corrected chi connectivity index (χ2v) is 3.40. The van der Waals surface area contributed by atoms with Crippen molar-refractivity contribution >= 4 is 0 Å². The Morgan fingerprint density at radius 2 is 1.91 bits per heavy atom. The molecule has 1 rings (SSSR count). The van der Waals surface area contributed by atoms with Crippen LogP contribution in [-0.4, -0.2) is 5.54 Å². The van der Waals surface area contributed by atoms with Crippen LogP contribution >= 0.6 is 0 Å². The molecule has 1 nitrogen and oxygen atoms in total. The number of allylic oxidation sites excluding steroid dienone is 4. The summed E-state index contributed by atoms with van der Waals surface area (Å²) in [5, 5.41) is 0. The minimum Gasteiger partial charge on any atom is -0.319 e. The van der Waals surface area contributed by atoms with Gasteiger partial charge in [0.05, 0.1) is 5.54 Å². The van der Waals surface area contributed by atoms with Gasteiger partial charge in [-0.25, -0.2) is 0 Å². The number of hydrogen-bond acceptors (Lipinski definition) is 1. The molecule has 0 radical (unpaired) electrons. The predicted molar refractivity (Wildman–Crippen MR) is 49.2 cm³/mol.